The lowest BCUT2D eigenvalue weighted by atomic mass is 9.88. The van der Waals surface area contributed by atoms with Gasteiger partial charge in [-0.25, -0.2) is 4.98 Å². The van der Waals surface area contributed by atoms with E-state index in [1.54, 1.807) is 11.3 Å². The molecule has 0 spiro atoms. The third-order valence-corrected chi connectivity index (χ3v) is 3.01. The van der Waals surface area contributed by atoms with Gasteiger partial charge in [-0.2, -0.15) is 0 Å². The summed E-state index contributed by atoms with van der Waals surface area (Å²) in [5, 5.41) is 3.18. The molecule has 1 aromatic heterocycles. The molecule has 0 aliphatic heterocycles. The predicted molar refractivity (Wildman–Crippen MR) is 62.5 cm³/mol. The van der Waals surface area contributed by atoms with Gasteiger partial charge in [0, 0.05) is 11.4 Å². The van der Waals surface area contributed by atoms with E-state index < -0.39 is 0 Å². The number of hydrogen-bond acceptors (Lipinski definition) is 3. The molecule has 80 valence electrons. The van der Waals surface area contributed by atoms with Crippen LogP contribution in [0.4, 0.5) is 0 Å². The molecule has 3 heteroatoms. The number of hydrogen-bond donors (Lipinski definition) is 1. The number of rotatable bonds is 3. The van der Waals surface area contributed by atoms with Gasteiger partial charge in [0.05, 0.1) is 10.7 Å². The summed E-state index contributed by atoms with van der Waals surface area (Å²) in [6.07, 6.45) is 2.16. The van der Waals surface area contributed by atoms with Crippen molar-refractivity contribution in [2.24, 2.45) is 11.1 Å². The molecule has 0 radical (unpaired) electrons. The molecule has 1 unspecified atom stereocenters. The molecule has 0 saturated heterocycles. The van der Waals surface area contributed by atoms with Gasteiger partial charge in [-0.1, -0.05) is 20.8 Å². The number of nitrogens with zero attached hydrogens (tertiary/aromatic N) is 1. The Bertz CT molecular complexity index is 286. The van der Waals surface area contributed by atoms with Crippen LogP contribution in [0.3, 0.4) is 0 Å². The SMILES string of the molecule is Cc1nc(C(N)CCC(C)(C)C)cs1. The summed E-state index contributed by atoms with van der Waals surface area (Å²) in [4.78, 5) is 4.40. The molecule has 1 heterocycles. The predicted octanol–water partition coefficient (Wildman–Crippen LogP) is 3.28. The van der Waals surface area contributed by atoms with Crippen LogP contribution in [0.15, 0.2) is 5.38 Å². The Balaban J connectivity index is 2.47. The fraction of sp³-hybridized carbons (Fsp3) is 0.727. The fourth-order valence-electron chi connectivity index (χ4n) is 1.29. The highest BCUT2D eigenvalue weighted by atomic mass is 32.1. The first-order valence-electron chi connectivity index (χ1n) is 5.06. The van der Waals surface area contributed by atoms with Crippen molar-refractivity contribution < 1.29 is 0 Å². The first kappa shape index (κ1) is 11.7. The summed E-state index contributed by atoms with van der Waals surface area (Å²) in [7, 11) is 0. The van der Waals surface area contributed by atoms with Gasteiger partial charge in [0.1, 0.15) is 0 Å². The first-order chi connectivity index (χ1) is 6.38. The van der Waals surface area contributed by atoms with E-state index in [-0.39, 0.29) is 6.04 Å². The lowest BCUT2D eigenvalue weighted by Gasteiger charge is -2.19. The molecular formula is C11H20N2S. The van der Waals surface area contributed by atoms with Crippen molar-refractivity contribution in [3.05, 3.63) is 16.1 Å². The van der Waals surface area contributed by atoms with Crippen molar-refractivity contribution in [1.82, 2.24) is 4.98 Å². The van der Waals surface area contributed by atoms with Gasteiger partial charge in [-0.15, -0.1) is 11.3 Å². The molecule has 0 aliphatic rings. The summed E-state index contributed by atoms with van der Waals surface area (Å²) in [5.74, 6) is 0. The van der Waals surface area contributed by atoms with Gasteiger partial charge in [-0.3, -0.25) is 0 Å². The standard InChI is InChI=1S/C11H20N2S/c1-8-13-10(7-14-8)9(12)5-6-11(2,3)4/h7,9H,5-6,12H2,1-4H3. The van der Waals surface area contributed by atoms with Crippen molar-refractivity contribution in [3.8, 4) is 0 Å². The first-order valence-corrected chi connectivity index (χ1v) is 5.94. The molecule has 0 saturated carbocycles. The van der Waals surface area contributed by atoms with Crippen LogP contribution in [-0.4, -0.2) is 4.98 Å². The lowest BCUT2D eigenvalue weighted by molar-refractivity contribution is 0.348. The van der Waals surface area contributed by atoms with E-state index in [1.165, 1.54) is 0 Å². The van der Waals surface area contributed by atoms with E-state index in [0.29, 0.717) is 5.41 Å². The monoisotopic (exact) mass is 212 g/mol. The summed E-state index contributed by atoms with van der Waals surface area (Å²) >= 11 is 1.67. The maximum absolute atomic E-state index is 6.06. The van der Waals surface area contributed by atoms with E-state index in [9.17, 15) is 0 Å². The van der Waals surface area contributed by atoms with Crippen molar-refractivity contribution in [2.75, 3.05) is 0 Å². The lowest BCUT2D eigenvalue weighted by Crippen LogP contribution is -2.15. The molecule has 0 aliphatic carbocycles. The summed E-state index contributed by atoms with van der Waals surface area (Å²) < 4.78 is 0. The number of nitrogens with two attached hydrogens (primary N) is 1. The van der Waals surface area contributed by atoms with Crippen LogP contribution in [0.5, 0.6) is 0 Å². The van der Waals surface area contributed by atoms with Crippen molar-refractivity contribution in [1.29, 1.82) is 0 Å². The number of thiazole rings is 1. The van der Waals surface area contributed by atoms with E-state index in [2.05, 4.69) is 31.1 Å². The molecule has 0 amide bonds. The van der Waals surface area contributed by atoms with Crippen LogP contribution in [-0.2, 0) is 0 Å². The number of aryl methyl sites for hydroxylation is 1. The Morgan fingerprint density at radius 3 is 2.57 bits per heavy atom. The topological polar surface area (TPSA) is 38.9 Å². The van der Waals surface area contributed by atoms with Gasteiger partial charge in [0.25, 0.3) is 0 Å². The minimum absolute atomic E-state index is 0.110. The maximum atomic E-state index is 6.06. The Labute approximate surface area is 90.6 Å². The van der Waals surface area contributed by atoms with Gasteiger partial charge in [0.2, 0.25) is 0 Å². The Morgan fingerprint density at radius 1 is 1.50 bits per heavy atom. The van der Waals surface area contributed by atoms with E-state index in [0.717, 1.165) is 23.5 Å². The molecule has 1 atom stereocenters. The average Bonchev–Trinajstić information content (AvgIpc) is 2.46. The molecule has 2 nitrogen and oxygen atoms in total. The van der Waals surface area contributed by atoms with Crippen molar-refractivity contribution in [2.45, 2.75) is 46.6 Å². The molecule has 0 aromatic carbocycles. The third-order valence-electron chi connectivity index (χ3n) is 2.22. The van der Waals surface area contributed by atoms with E-state index >= 15 is 0 Å². The van der Waals surface area contributed by atoms with Gasteiger partial charge in [0.15, 0.2) is 0 Å². The highest BCUT2D eigenvalue weighted by Crippen LogP contribution is 2.26. The fourth-order valence-corrected chi connectivity index (χ4v) is 1.96. The molecule has 0 bridgehead atoms. The van der Waals surface area contributed by atoms with E-state index in [4.69, 9.17) is 5.73 Å². The van der Waals surface area contributed by atoms with Crippen molar-refractivity contribution in [3.63, 3.8) is 0 Å². The second kappa shape index (κ2) is 4.41. The maximum Gasteiger partial charge on any atom is 0.0898 e. The van der Waals surface area contributed by atoms with Crippen LogP contribution in [0.1, 0.15) is 50.4 Å². The quantitative estimate of drug-likeness (QED) is 0.835. The zero-order chi connectivity index (χ0) is 10.8. The van der Waals surface area contributed by atoms with Crippen LogP contribution in [0, 0.1) is 12.3 Å². The minimum atomic E-state index is 0.110. The van der Waals surface area contributed by atoms with Crippen LogP contribution in [0.25, 0.3) is 0 Å². The Kier molecular flexibility index (Phi) is 3.67. The highest BCUT2D eigenvalue weighted by molar-refractivity contribution is 7.09. The highest BCUT2D eigenvalue weighted by Gasteiger charge is 2.15. The van der Waals surface area contributed by atoms with E-state index in [1.807, 2.05) is 6.92 Å². The van der Waals surface area contributed by atoms with Gasteiger partial charge in [-0.05, 0) is 25.2 Å². The third kappa shape index (κ3) is 3.76. The molecular weight excluding hydrogens is 192 g/mol. The molecule has 14 heavy (non-hydrogen) atoms. The van der Waals surface area contributed by atoms with Crippen LogP contribution >= 0.6 is 11.3 Å². The molecule has 0 fully saturated rings. The van der Waals surface area contributed by atoms with Gasteiger partial charge < -0.3 is 5.73 Å². The van der Waals surface area contributed by atoms with Gasteiger partial charge >= 0.3 is 0 Å². The zero-order valence-electron chi connectivity index (χ0n) is 9.50. The largest absolute Gasteiger partial charge is 0.323 e. The normalized spacial score (nSPS) is 14.4. The smallest absolute Gasteiger partial charge is 0.0898 e. The zero-order valence-corrected chi connectivity index (χ0v) is 10.3. The van der Waals surface area contributed by atoms with Crippen LogP contribution < -0.4 is 5.73 Å². The second-order valence-electron chi connectivity index (χ2n) is 5.00. The van der Waals surface area contributed by atoms with Crippen molar-refractivity contribution >= 4 is 11.3 Å². The minimum Gasteiger partial charge on any atom is -0.323 e. The average molecular weight is 212 g/mol. The summed E-state index contributed by atoms with van der Waals surface area (Å²) in [6, 6.07) is 0.110. The molecule has 1 rings (SSSR count). The molecule has 2 N–H and O–H groups in total. The van der Waals surface area contributed by atoms with Crippen LogP contribution in [0.2, 0.25) is 0 Å². The Hall–Kier alpha value is -0.410. The summed E-state index contributed by atoms with van der Waals surface area (Å²) in [6.45, 7) is 8.74. The summed E-state index contributed by atoms with van der Waals surface area (Å²) in [5.41, 5.74) is 7.48. The Morgan fingerprint density at radius 2 is 2.14 bits per heavy atom. The number of aromatic nitrogens is 1. The molecule has 1 aromatic rings. The second-order valence-corrected chi connectivity index (χ2v) is 6.06.